The van der Waals surface area contributed by atoms with Crippen molar-refractivity contribution in [3.63, 3.8) is 0 Å². The van der Waals surface area contributed by atoms with Crippen molar-refractivity contribution in [2.75, 3.05) is 26.3 Å². The van der Waals surface area contributed by atoms with Crippen LogP contribution in [0.4, 0.5) is 0 Å². The van der Waals surface area contributed by atoms with E-state index >= 15 is 0 Å². The van der Waals surface area contributed by atoms with Gasteiger partial charge in [-0.15, -0.1) is 0 Å². The predicted octanol–water partition coefficient (Wildman–Crippen LogP) is 4.97. The van der Waals surface area contributed by atoms with Gasteiger partial charge < -0.3 is 19.7 Å². The number of ether oxygens (including phenoxy) is 1. The molecule has 0 fully saturated rings. The lowest BCUT2D eigenvalue weighted by molar-refractivity contribution is 0.281. The van der Waals surface area contributed by atoms with Gasteiger partial charge >= 0.3 is 0 Å². The number of nitrogens with zero attached hydrogens (tertiary/aromatic N) is 1. The van der Waals surface area contributed by atoms with E-state index in [1.807, 2.05) is 0 Å². The molecule has 0 aliphatic carbocycles. The summed E-state index contributed by atoms with van der Waals surface area (Å²) in [5.41, 5.74) is 3.72. The van der Waals surface area contributed by atoms with Crippen molar-refractivity contribution in [3.8, 4) is 5.75 Å². The number of rotatable bonds is 11. The summed E-state index contributed by atoms with van der Waals surface area (Å²) in [6, 6.07) is 25.5. The molecule has 0 saturated heterocycles. The number of benzene rings is 3. The average molecular weight is 403 g/mol. The van der Waals surface area contributed by atoms with E-state index in [0.29, 0.717) is 6.61 Å². The van der Waals surface area contributed by atoms with Gasteiger partial charge in [-0.2, -0.15) is 0 Å². The Morgan fingerprint density at radius 1 is 0.767 bits per heavy atom. The van der Waals surface area contributed by atoms with Gasteiger partial charge in [0.1, 0.15) is 12.4 Å². The number of nitrogens with one attached hydrogen (secondary N) is 1. The van der Waals surface area contributed by atoms with Crippen LogP contribution in [-0.4, -0.2) is 36.0 Å². The summed E-state index contributed by atoms with van der Waals surface area (Å²) in [6.45, 7) is 3.54. The Balaban J connectivity index is 1.53. The lowest BCUT2D eigenvalue weighted by Crippen LogP contribution is -2.22. The molecule has 0 saturated carbocycles. The van der Waals surface area contributed by atoms with Crippen LogP contribution in [-0.2, 0) is 6.54 Å². The van der Waals surface area contributed by atoms with Gasteiger partial charge in [0.15, 0.2) is 0 Å². The van der Waals surface area contributed by atoms with Crippen molar-refractivity contribution in [3.05, 3.63) is 78.4 Å². The molecular weight excluding hydrogens is 372 g/mol. The van der Waals surface area contributed by atoms with Gasteiger partial charge in [0.05, 0.1) is 5.52 Å². The Labute approximate surface area is 178 Å². The third-order valence-electron chi connectivity index (χ3n) is 5.49. The van der Waals surface area contributed by atoms with E-state index in [-0.39, 0.29) is 6.61 Å². The first-order valence-corrected chi connectivity index (χ1v) is 10.9. The zero-order valence-corrected chi connectivity index (χ0v) is 17.4. The standard InChI is InChI=1S/C26H30N2O2/c29-18-8-2-7-16-27-17-19-30-25-15-9-14-24-26(25)22-12-5-6-13-23(22)28(24)20-21-10-3-1-4-11-21/h1,3-6,9-15,27,29H,2,7-8,16-20H2. The first-order chi connectivity index (χ1) is 14.9. The normalized spacial score (nSPS) is 11.4. The van der Waals surface area contributed by atoms with Crippen LogP contribution in [0, 0.1) is 0 Å². The zero-order valence-electron chi connectivity index (χ0n) is 17.4. The smallest absolute Gasteiger partial charge is 0.129 e. The minimum Gasteiger partial charge on any atom is -0.492 e. The quantitative estimate of drug-likeness (QED) is 0.348. The fourth-order valence-electron chi connectivity index (χ4n) is 4.02. The molecule has 1 aromatic heterocycles. The second-order valence-electron chi connectivity index (χ2n) is 7.62. The van der Waals surface area contributed by atoms with Gasteiger partial charge in [0, 0.05) is 36.0 Å². The molecule has 4 heteroatoms. The van der Waals surface area contributed by atoms with E-state index in [2.05, 4.69) is 82.7 Å². The predicted molar refractivity (Wildman–Crippen MR) is 124 cm³/mol. The van der Waals surface area contributed by atoms with Crippen LogP contribution in [0.3, 0.4) is 0 Å². The third-order valence-corrected chi connectivity index (χ3v) is 5.49. The van der Waals surface area contributed by atoms with Crippen LogP contribution in [0.5, 0.6) is 5.75 Å². The monoisotopic (exact) mass is 402 g/mol. The Bertz CT molecular complexity index is 1070. The maximum Gasteiger partial charge on any atom is 0.129 e. The summed E-state index contributed by atoms with van der Waals surface area (Å²) in [6.07, 6.45) is 3.03. The number of hydrogen-bond donors (Lipinski definition) is 2. The van der Waals surface area contributed by atoms with Crippen LogP contribution in [0.2, 0.25) is 0 Å². The van der Waals surface area contributed by atoms with Crippen molar-refractivity contribution in [2.45, 2.75) is 25.8 Å². The van der Waals surface area contributed by atoms with Crippen molar-refractivity contribution >= 4 is 21.8 Å². The van der Waals surface area contributed by atoms with Gasteiger partial charge in [0.2, 0.25) is 0 Å². The number of unbranched alkanes of at least 4 members (excludes halogenated alkanes) is 2. The Morgan fingerprint density at radius 2 is 1.57 bits per heavy atom. The highest BCUT2D eigenvalue weighted by Crippen LogP contribution is 2.36. The van der Waals surface area contributed by atoms with Crippen molar-refractivity contribution in [1.82, 2.24) is 9.88 Å². The summed E-state index contributed by atoms with van der Waals surface area (Å²) < 4.78 is 8.58. The van der Waals surface area contributed by atoms with Crippen LogP contribution in [0.15, 0.2) is 72.8 Å². The molecule has 2 N–H and O–H groups in total. The molecule has 0 atom stereocenters. The lowest BCUT2D eigenvalue weighted by Gasteiger charge is -2.10. The molecule has 156 valence electrons. The number of fused-ring (bicyclic) bond motifs is 3. The number of hydrogen-bond acceptors (Lipinski definition) is 3. The summed E-state index contributed by atoms with van der Waals surface area (Å²) in [7, 11) is 0. The third kappa shape index (κ3) is 4.66. The minimum absolute atomic E-state index is 0.283. The molecule has 4 aromatic rings. The first-order valence-electron chi connectivity index (χ1n) is 10.9. The molecule has 0 aliphatic rings. The lowest BCUT2D eigenvalue weighted by atomic mass is 10.1. The number of aliphatic hydroxyl groups is 1. The fourth-order valence-corrected chi connectivity index (χ4v) is 4.02. The second kappa shape index (κ2) is 10.3. The van der Waals surface area contributed by atoms with E-state index in [4.69, 9.17) is 9.84 Å². The largest absolute Gasteiger partial charge is 0.492 e. The van der Waals surface area contributed by atoms with Crippen molar-refractivity contribution in [1.29, 1.82) is 0 Å². The summed E-state index contributed by atoms with van der Waals surface area (Å²) in [5.74, 6) is 0.942. The van der Waals surface area contributed by atoms with Gasteiger partial charge in [-0.05, 0) is 49.6 Å². The molecule has 3 aromatic carbocycles. The molecule has 30 heavy (non-hydrogen) atoms. The van der Waals surface area contributed by atoms with Crippen LogP contribution < -0.4 is 10.1 Å². The molecule has 0 bridgehead atoms. The van der Waals surface area contributed by atoms with E-state index in [0.717, 1.165) is 44.6 Å². The maximum atomic E-state index is 8.84. The van der Waals surface area contributed by atoms with E-state index < -0.39 is 0 Å². The van der Waals surface area contributed by atoms with E-state index in [1.165, 1.54) is 27.4 Å². The molecule has 0 radical (unpaired) electrons. The van der Waals surface area contributed by atoms with E-state index in [1.54, 1.807) is 0 Å². The number of aliphatic hydroxyl groups excluding tert-OH is 1. The summed E-state index contributed by atoms with van der Waals surface area (Å²) >= 11 is 0. The number of para-hydroxylation sites is 1. The maximum absolute atomic E-state index is 8.84. The molecule has 0 amide bonds. The Morgan fingerprint density at radius 3 is 2.43 bits per heavy atom. The highest BCUT2D eigenvalue weighted by molar-refractivity contribution is 6.11. The van der Waals surface area contributed by atoms with E-state index in [9.17, 15) is 0 Å². The first kappa shape index (κ1) is 20.5. The molecule has 1 heterocycles. The van der Waals surface area contributed by atoms with Gasteiger partial charge in [0.25, 0.3) is 0 Å². The van der Waals surface area contributed by atoms with Gasteiger partial charge in [-0.1, -0.05) is 54.6 Å². The molecule has 4 rings (SSSR count). The van der Waals surface area contributed by atoms with Gasteiger partial charge in [-0.25, -0.2) is 0 Å². The second-order valence-corrected chi connectivity index (χ2v) is 7.62. The molecule has 0 unspecified atom stereocenters. The SMILES string of the molecule is OCCCCCNCCOc1cccc2c1c1ccccc1n2Cc1ccccc1. The average Bonchev–Trinajstić information content (AvgIpc) is 3.11. The van der Waals surface area contributed by atoms with Crippen molar-refractivity contribution in [2.24, 2.45) is 0 Å². The fraction of sp³-hybridized carbons (Fsp3) is 0.308. The zero-order chi connectivity index (χ0) is 20.6. The van der Waals surface area contributed by atoms with Gasteiger partial charge in [-0.3, -0.25) is 0 Å². The van der Waals surface area contributed by atoms with Crippen LogP contribution in [0.1, 0.15) is 24.8 Å². The van der Waals surface area contributed by atoms with Crippen molar-refractivity contribution < 1.29 is 9.84 Å². The van der Waals surface area contributed by atoms with Crippen LogP contribution in [0.25, 0.3) is 21.8 Å². The highest BCUT2D eigenvalue weighted by Gasteiger charge is 2.14. The minimum atomic E-state index is 0.283. The van der Waals surface area contributed by atoms with Crippen LogP contribution >= 0.6 is 0 Å². The summed E-state index contributed by atoms with van der Waals surface area (Å²) in [4.78, 5) is 0. The molecule has 0 aliphatic heterocycles. The Kier molecular flexibility index (Phi) is 7.01. The number of aromatic nitrogens is 1. The molecule has 0 spiro atoms. The highest BCUT2D eigenvalue weighted by atomic mass is 16.5. The summed E-state index contributed by atoms with van der Waals surface area (Å²) in [5, 5.41) is 14.7. The molecular formula is C26H30N2O2. The Hall–Kier alpha value is -2.82. The molecule has 4 nitrogen and oxygen atoms in total. The topological polar surface area (TPSA) is 46.4 Å².